The Morgan fingerprint density at radius 2 is 1.75 bits per heavy atom. The van der Waals surface area contributed by atoms with Crippen molar-refractivity contribution in [3.63, 3.8) is 0 Å². The van der Waals surface area contributed by atoms with Gasteiger partial charge in [-0.1, -0.05) is 48.5 Å². The van der Waals surface area contributed by atoms with Gasteiger partial charge in [0.25, 0.3) is 0 Å². The van der Waals surface area contributed by atoms with Crippen LogP contribution in [0.25, 0.3) is 11.1 Å². The van der Waals surface area contributed by atoms with Gasteiger partial charge >= 0.3 is 0 Å². The summed E-state index contributed by atoms with van der Waals surface area (Å²) in [6.07, 6.45) is 0.770. The second-order valence-corrected chi connectivity index (χ2v) is 5.05. The third kappa shape index (κ3) is 2.84. The zero-order chi connectivity index (χ0) is 13.8. The predicted octanol–water partition coefficient (Wildman–Crippen LogP) is 2.85. The molecule has 0 aliphatic carbocycles. The second kappa shape index (κ2) is 6.07. The van der Waals surface area contributed by atoms with Crippen molar-refractivity contribution < 1.29 is 9.47 Å². The fraction of sp³-hybridized carbons (Fsp3) is 0.294. The first-order chi connectivity index (χ1) is 9.84. The molecule has 3 nitrogen and oxygen atoms in total. The van der Waals surface area contributed by atoms with Crippen LogP contribution in [0.2, 0.25) is 0 Å². The fourth-order valence-corrected chi connectivity index (χ4v) is 2.44. The number of hydrogen-bond acceptors (Lipinski definition) is 3. The molecule has 2 atom stereocenters. The van der Waals surface area contributed by atoms with E-state index in [1.807, 2.05) is 36.4 Å². The molecule has 1 fully saturated rings. The molecule has 1 saturated heterocycles. The lowest BCUT2D eigenvalue weighted by Crippen LogP contribution is -2.46. The van der Waals surface area contributed by atoms with Crippen LogP contribution in [-0.2, 0) is 4.74 Å². The molecular weight excluding hydrogens is 250 g/mol. The summed E-state index contributed by atoms with van der Waals surface area (Å²) in [6, 6.07) is 18.3. The Bertz CT molecular complexity index is 556. The summed E-state index contributed by atoms with van der Waals surface area (Å²) < 4.78 is 11.6. The van der Waals surface area contributed by atoms with E-state index in [9.17, 15) is 0 Å². The van der Waals surface area contributed by atoms with Crippen molar-refractivity contribution in [3.8, 4) is 16.9 Å². The molecule has 0 radical (unpaired) electrons. The van der Waals surface area contributed by atoms with Gasteiger partial charge < -0.3 is 15.2 Å². The number of nitrogens with two attached hydrogens (primary N) is 1. The van der Waals surface area contributed by atoms with Crippen LogP contribution in [-0.4, -0.2) is 25.4 Å². The first-order valence-corrected chi connectivity index (χ1v) is 6.99. The molecule has 0 bridgehead atoms. The van der Waals surface area contributed by atoms with Crippen molar-refractivity contribution in [2.24, 2.45) is 5.73 Å². The molecule has 0 aromatic heterocycles. The van der Waals surface area contributed by atoms with E-state index in [-0.39, 0.29) is 12.1 Å². The first-order valence-electron chi connectivity index (χ1n) is 6.99. The molecule has 2 N–H and O–H groups in total. The SMILES string of the molecule is NC1CCOCC1Oc1ccccc1-c1ccccc1. The Hall–Kier alpha value is -1.84. The van der Waals surface area contributed by atoms with Crippen LogP contribution in [0.15, 0.2) is 54.6 Å². The highest BCUT2D eigenvalue weighted by atomic mass is 16.5. The summed E-state index contributed by atoms with van der Waals surface area (Å²) in [5.74, 6) is 0.865. The number of ether oxygens (including phenoxy) is 2. The molecule has 1 aliphatic heterocycles. The Labute approximate surface area is 119 Å². The highest BCUT2D eigenvalue weighted by Crippen LogP contribution is 2.31. The van der Waals surface area contributed by atoms with Crippen LogP contribution in [0.4, 0.5) is 0 Å². The molecule has 0 amide bonds. The number of benzene rings is 2. The van der Waals surface area contributed by atoms with Crippen LogP contribution in [0.3, 0.4) is 0 Å². The Balaban J connectivity index is 1.86. The van der Waals surface area contributed by atoms with Crippen molar-refractivity contribution in [1.82, 2.24) is 0 Å². The third-order valence-electron chi connectivity index (χ3n) is 3.61. The molecular formula is C17H19NO2. The van der Waals surface area contributed by atoms with E-state index in [2.05, 4.69) is 18.2 Å². The summed E-state index contributed by atoms with van der Waals surface area (Å²) in [4.78, 5) is 0. The zero-order valence-electron chi connectivity index (χ0n) is 11.4. The van der Waals surface area contributed by atoms with Gasteiger partial charge in [-0.05, 0) is 18.1 Å². The quantitative estimate of drug-likeness (QED) is 0.932. The molecule has 2 aromatic carbocycles. The lowest BCUT2D eigenvalue weighted by molar-refractivity contribution is -0.00507. The molecule has 0 saturated carbocycles. The number of hydrogen-bond donors (Lipinski definition) is 1. The molecule has 20 heavy (non-hydrogen) atoms. The van der Waals surface area contributed by atoms with Gasteiger partial charge in [0, 0.05) is 18.2 Å². The van der Waals surface area contributed by atoms with E-state index >= 15 is 0 Å². The molecule has 104 valence electrons. The van der Waals surface area contributed by atoms with Gasteiger partial charge in [-0.2, -0.15) is 0 Å². The second-order valence-electron chi connectivity index (χ2n) is 5.05. The fourth-order valence-electron chi connectivity index (χ4n) is 2.44. The van der Waals surface area contributed by atoms with E-state index in [4.69, 9.17) is 15.2 Å². The van der Waals surface area contributed by atoms with Crippen LogP contribution in [0.5, 0.6) is 5.75 Å². The van der Waals surface area contributed by atoms with Crippen LogP contribution >= 0.6 is 0 Å². The minimum Gasteiger partial charge on any atom is -0.486 e. The van der Waals surface area contributed by atoms with Crippen molar-refractivity contribution in [2.45, 2.75) is 18.6 Å². The van der Waals surface area contributed by atoms with Crippen molar-refractivity contribution in [3.05, 3.63) is 54.6 Å². The molecule has 3 heteroatoms. The Morgan fingerprint density at radius 1 is 1.00 bits per heavy atom. The molecule has 2 aromatic rings. The minimum absolute atomic E-state index is 0.0348. The summed E-state index contributed by atoms with van der Waals surface area (Å²) >= 11 is 0. The average molecular weight is 269 g/mol. The van der Waals surface area contributed by atoms with Gasteiger partial charge in [0.1, 0.15) is 11.9 Å². The summed E-state index contributed by atoms with van der Waals surface area (Å²) in [6.45, 7) is 1.28. The molecule has 2 unspecified atom stereocenters. The standard InChI is InChI=1S/C17H19NO2/c18-15-10-11-19-12-17(15)20-16-9-5-4-8-14(16)13-6-2-1-3-7-13/h1-9,15,17H,10-12,18H2. The van der Waals surface area contributed by atoms with E-state index in [1.165, 1.54) is 0 Å². The highest BCUT2D eigenvalue weighted by Gasteiger charge is 2.24. The topological polar surface area (TPSA) is 44.5 Å². The van der Waals surface area contributed by atoms with Crippen LogP contribution in [0, 0.1) is 0 Å². The van der Waals surface area contributed by atoms with Crippen molar-refractivity contribution in [1.29, 1.82) is 0 Å². The van der Waals surface area contributed by atoms with Crippen LogP contribution in [0.1, 0.15) is 6.42 Å². The monoisotopic (exact) mass is 269 g/mol. The van der Waals surface area contributed by atoms with Gasteiger partial charge in [-0.25, -0.2) is 0 Å². The number of para-hydroxylation sites is 1. The average Bonchev–Trinajstić information content (AvgIpc) is 2.51. The largest absolute Gasteiger partial charge is 0.486 e. The van der Waals surface area contributed by atoms with E-state index in [0.29, 0.717) is 6.61 Å². The van der Waals surface area contributed by atoms with Gasteiger partial charge in [-0.3, -0.25) is 0 Å². The third-order valence-corrected chi connectivity index (χ3v) is 3.61. The normalized spacial score (nSPS) is 22.4. The summed E-state index contributed by atoms with van der Waals surface area (Å²) in [5, 5.41) is 0. The molecule has 3 rings (SSSR count). The van der Waals surface area contributed by atoms with Crippen molar-refractivity contribution >= 4 is 0 Å². The van der Waals surface area contributed by atoms with E-state index in [0.717, 1.165) is 29.9 Å². The highest BCUT2D eigenvalue weighted by molar-refractivity contribution is 5.70. The minimum atomic E-state index is -0.0754. The predicted molar refractivity (Wildman–Crippen MR) is 79.7 cm³/mol. The summed E-state index contributed by atoms with van der Waals surface area (Å²) in [5.41, 5.74) is 8.35. The number of rotatable bonds is 3. The molecule has 1 aliphatic rings. The Morgan fingerprint density at radius 3 is 2.55 bits per heavy atom. The van der Waals surface area contributed by atoms with Gasteiger partial charge in [0.15, 0.2) is 0 Å². The van der Waals surface area contributed by atoms with E-state index < -0.39 is 0 Å². The van der Waals surface area contributed by atoms with Crippen LogP contribution < -0.4 is 10.5 Å². The van der Waals surface area contributed by atoms with E-state index in [1.54, 1.807) is 0 Å². The van der Waals surface area contributed by atoms with Gasteiger partial charge in [0.2, 0.25) is 0 Å². The molecule has 1 heterocycles. The van der Waals surface area contributed by atoms with Gasteiger partial charge in [-0.15, -0.1) is 0 Å². The first kappa shape index (κ1) is 13.2. The van der Waals surface area contributed by atoms with Gasteiger partial charge in [0.05, 0.1) is 6.61 Å². The maximum atomic E-state index is 6.11. The molecule has 0 spiro atoms. The van der Waals surface area contributed by atoms with Crippen molar-refractivity contribution in [2.75, 3.05) is 13.2 Å². The maximum absolute atomic E-state index is 6.11. The lowest BCUT2D eigenvalue weighted by atomic mass is 10.0. The smallest absolute Gasteiger partial charge is 0.137 e. The zero-order valence-corrected chi connectivity index (χ0v) is 11.4. The Kier molecular flexibility index (Phi) is 4.00. The maximum Gasteiger partial charge on any atom is 0.137 e. The summed E-state index contributed by atoms with van der Waals surface area (Å²) in [7, 11) is 0. The lowest BCUT2D eigenvalue weighted by Gasteiger charge is -2.29.